The van der Waals surface area contributed by atoms with Crippen molar-refractivity contribution in [2.45, 2.75) is 24.4 Å². The summed E-state index contributed by atoms with van der Waals surface area (Å²) in [5.74, 6) is -0.557. The Morgan fingerprint density at radius 3 is 0.766 bits per heavy atom. The Bertz CT molecular complexity index is 2750. The molecule has 18 heteroatoms. The molecule has 0 atom stereocenters. The van der Waals surface area contributed by atoms with Gasteiger partial charge in [0.1, 0.15) is 0 Å². The number of hydrogen-bond acceptors (Lipinski definition) is 9. The number of nitrogens with zero attached hydrogens (tertiary/aromatic N) is 6. The maximum Gasteiger partial charge on any atom is 0.416 e. The third-order valence-corrected chi connectivity index (χ3v) is 10.1. The van der Waals surface area contributed by atoms with Gasteiger partial charge in [0.05, 0.1) is 16.7 Å². The molecule has 0 fully saturated rings. The van der Waals surface area contributed by atoms with Crippen molar-refractivity contribution in [3.8, 4) is 68.7 Å². The van der Waals surface area contributed by atoms with Crippen molar-refractivity contribution in [1.82, 2.24) is 30.6 Å². The number of rotatable bonds is 9. The zero-order valence-electron chi connectivity index (χ0n) is 32.2. The van der Waals surface area contributed by atoms with Gasteiger partial charge in [-0.05, 0) is 108 Å². The normalized spacial score (nSPS) is 12.3. The summed E-state index contributed by atoms with van der Waals surface area (Å²) in [5.41, 5.74) is 1.47. The average Bonchev–Trinajstić information content (AvgIpc) is 4.10. The van der Waals surface area contributed by atoms with Crippen LogP contribution in [0.2, 0.25) is 0 Å². The maximum absolute atomic E-state index is 13.4. The molecule has 0 aliphatic heterocycles. The van der Waals surface area contributed by atoms with Gasteiger partial charge >= 0.3 is 18.5 Å². The van der Waals surface area contributed by atoms with Crippen LogP contribution in [0.5, 0.6) is 0 Å². The standard InChI is InChI=1S/C46H25F9N6O3/c47-44(48,49)34-7-1-4-31(22-34)41-59-56-38(62-41)28-16-10-25(11-17-28)37(26-12-18-29(19-13-26)39-57-60-42(63-39)32-5-2-8-35(23-32)45(50,51)52)27-14-20-30(21-15-27)40-58-61-43(64-40)33-6-3-9-36(24-33)46(53,54)55/h1-24,37H. The second-order valence-corrected chi connectivity index (χ2v) is 14.3. The minimum Gasteiger partial charge on any atom is -0.416 e. The summed E-state index contributed by atoms with van der Waals surface area (Å²) in [4.78, 5) is 0. The van der Waals surface area contributed by atoms with Gasteiger partial charge in [0.2, 0.25) is 35.3 Å². The molecule has 3 aromatic heterocycles. The van der Waals surface area contributed by atoms with E-state index in [4.69, 9.17) is 13.3 Å². The second-order valence-electron chi connectivity index (χ2n) is 14.3. The van der Waals surface area contributed by atoms with E-state index in [0.29, 0.717) is 16.7 Å². The van der Waals surface area contributed by atoms with Gasteiger partial charge in [-0.1, -0.05) is 54.6 Å². The monoisotopic (exact) mass is 880 g/mol. The van der Waals surface area contributed by atoms with Crippen LogP contribution in [-0.2, 0) is 18.5 Å². The van der Waals surface area contributed by atoms with Crippen LogP contribution in [0.1, 0.15) is 39.3 Å². The van der Waals surface area contributed by atoms with E-state index in [2.05, 4.69) is 30.6 Å². The fourth-order valence-corrected chi connectivity index (χ4v) is 6.89. The van der Waals surface area contributed by atoms with E-state index in [0.717, 1.165) is 53.1 Å². The molecule has 0 N–H and O–H groups in total. The van der Waals surface area contributed by atoms with Gasteiger partial charge in [-0.25, -0.2) is 0 Å². The van der Waals surface area contributed by atoms with Crippen LogP contribution in [0.4, 0.5) is 39.5 Å². The van der Waals surface area contributed by atoms with Crippen LogP contribution in [0.15, 0.2) is 159 Å². The molecule has 0 aliphatic rings. The molecule has 0 radical (unpaired) electrons. The number of aromatic nitrogens is 6. The molecule has 9 nitrogen and oxygen atoms in total. The molecule has 64 heavy (non-hydrogen) atoms. The van der Waals surface area contributed by atoms with Gasteiger partial charge in [0, 0.05) is 39.3 Å². The molecule has 0 saturated carbocycles. The van der Waals surface area contributed by atoms with Crippen molar-refractivity contribution in [3.05, 3.63) is 179 Å². The van der Waals surface area contributed by atoms with E-state index >= 15 is 0 Å². The summed E-state index contributed by atoms with van der Waals surface area (Å²) < 4.78 is 138. The van der Waals surface area contributed by atoms with Crippen LogP contribution < -0.4 is 0 Å². The van der Waals surface area contributed by atoms with Crippen molar-refractivity contribution in [2.24, 2.45) is 0 Å². The Kier molecular flexibility index (Phi) is 10.4. The first-order valence-corrected chi connectivity index (χ1v) is 18.9. The first-order valence-electron chi connectivity index (χ1n) is 18.9. The van der Waals surface area contributed by atoms with Crippen molar-refractivity contribution in [1.29, 1.82) is 0 Å². The lowest BCUT2D eigenvalue weighted by atomic mass is 9.84. The van der Waals surface area contributed by atoms with Crippen molar-refractivity contribution < 1.29 is 52.8 Å². The van der Waals surface area contributed by atoms with Crippen LogP contribution in [-0.4, -0.2) is 30.6 Å². The summed E-state index contributed by atoms with van der Waals surface area (Å²) in [6.07, 6.45) is -13.7. The Hall–Kier alpha value is -7.89. The Balaban J connectivity index is 1.02. The highest BCUT2D eigenvalue weighted by Gasteiger charge is 2.33. The molecule has 0 saturated heterocycles. The van der Waals surface area contributed by atoms with Gasteiger partial charge in [-0.2, -0.15) is 39.5 Å². The number of halogens is 9. The molecule has 320 valence electrons. The highest BCUT2D eigenvalue weighted by atomic mass is 19.4. The SMILES string of the molecule is FC(F)(F)c1cccc(-c2nnc(-c3ccc(C(c4ccc(-c5nnc(-c6cccc(C(F)(F)F)c6)o5)cc4)c4ccc(-c5nnc(-c6cccc(C(F)(F)F)c6)o5)cc4)cc3)o2)c1. The molecule has 0 spiro atoms. The lowest BCUT2D eigenvalue weighted by Gasteiger charge is -2.19. The van der Waals surface area contributed by atoms with Gasteiger partial charge in [0.15, 0.2) is 0 Å². The quantitative estimate of drug-likeness (QED) is 0.103. The number of alkyl halides is 9. The molecule has 0 aliphatic carbocycles. The molecule has 9 rings (SSSR count). The minimum absolute atomic E-state index is 0.0670. The van der Waals surface area contributed by atoms with Crippen LogP contribution in [0.3, 0.4) is 0 Å². The summed E-state index contributed by atoms with van der Waals surface area (Å²) in [6.45, 7) is 0. The zero-order chi connectivity index (χ0) is 44.8. The lowest BCUT2D eigenvalue weighted by Crippen LogP contribution is -2.04. The molecule has 0 amide bonds. The Morgan fingerprint density at radius 2 is 0.531 bits per heavy atom. The predicted molar refractivity (Wildman–Crippen MR) is 211 cm³/mol. The number of benzene rings is 6. The highest BCUT2D eigenvalue weighted by molar-refractivity contribution is 5.63. The largest absolute Gasteiger partial charge is 0.416 e. The van der Waals surface area contributed by atoms with Gasteiger partial charge < -0.3 is 13.3 Å². The van der Waals surface area contributed by atoms with E-state index in [9.17, 15) is 39.5 Å². The lowest BCUT2D eigenvalue weighted by molar-refractivity contribution is -0.138. The van der Waals surface area contributed by atoms with Gasteiger partial charge in [0.25, 0.3) is 0 Å². The Labute approximate surface area is 354 Å². The molecule has 9 aromatic rings. The van der Waals surface area contributed by atoms with Gasteiger partial charge in [-0.15, -0.1) is 30.6 Å². The second kappa shape index (κ2) is 16.1. The van der Waals surface area contributed by atoms with Crippen molar-refractivity contribution >= 4 is 0 Å². The summed E-state index contributed by atoms with van der Waals surface area (Å²) in [6, 6.07) is 34.8. The van der Waals surface area contributed by atoms with Crippen LogP contribution in [0.25, 0.3) is 68.7 Å². The van der Waals surface area contributed by atoms with Crippen molar-refractivity contribution in [2.75, 3.05) is 0 Å². The summed E-state index contributed by atoms with van der Waals surface area (Å²) in [5, 5.41) is 24.1. The Morgan fingerprint density at radius 1 is 0.297 bits per heavy atom. The van der Waals surface area contributed by atoms with Crippen LogP contribution >= 0.6 is 0 Å². The molecule has 0 unspecified atom stereocenters. The van der Waals surface area contributed by atoms with Gasteiger partial charge in [-0.3, -0.25) is 0 Å². The highest BCUT2D eigenvalue weighted by Crippen LogP contribution is 2.39. The minimum atomic E-state index is -4.57. The van der Waals surface area contributed by atoms with Crippen molar-refractivity contribution in [3.63, 3.8) is 0 Å². The smallest absolute Gasteiger partial charge is 0.416 e. The third kappa shape index (κ3) is 8.61. The van der Waals surface area contributed by atoms with E-state index in [1.54, 1.807) is 36.4 Å². The fourth-order valence-electron chi connectivity index (χ4n) is 6.89. The zero-order valence-corrected chi connectivity index (χ0v) is 32.2. The van der Waals surface area contributed by atoms with E-state index in [1.807, 2.05) is 36.4 Å². The maximum atomic E-state index is 13.4. The van der Waals surface area contributed by atoms with Crippen LogP contribution in [0, 0.1) is 0 Å². The topological polar surface area (TPSA) is 117 Å². The average molecular weight is 881 g/mol. The molecule has 0 bridgehead atoms. The summed E-state index contributed by atoms with van der Waals surface area (Å²) in [7, 11) is 0. The molecule has 6 aromatic carbocycles. The summed E-state index contributed by atoms with van der Waals surface area (Å²) >= 11 is 0. The molecule has 3 heterocycles. The van der Waals surface area contributed by atoms with E-state index in [1.165, 1.54) is 36.4 Å². The predicted octanol–water partition coefficient (Wildman–Crippen LogP) is 13.1. The van der Waals surface area contributed by atoms with E-state index < -0.39 is 41.1 Å². The third-order valence-electron chi connectivity index (χ3n) is 10.1. The molecular formula is C46H25F9N6O3. The fraction of sp³-hybridized carbons (Fsp3) is 0.0870. The number of hydrogen-bond donors (Lipinski definition) is 0. The van der Waals surface area contributed by atoms with E-state index in [-0.39, 0.29) is 52.0 Å². The first-order chi connectivity index (χ1) is 30.6. The first kappa shape index (κ1) is 41.5. The molecular weight excluding hydrogens is 856 g/mol.